The summed E-state index contributed by atoms with van der Waals surface area (Å²) in [6, 6.07) is 12.0. The van der Waals surface area contributed by atoms with E-state index in [0.717, 1.165) is 11.3 Å². The van der Waals surface area contributed by atoms with Crippen LogP contribution in [0.3, 0.4) is 0 Å². The van der Waals surface area contributed by atoms with E-state index in [9.17, 15) is 4.79 Å². The lowest BCUT2D eigenvalue weighted by Gasteiger charge is -2.07. The quantitative estimate of drug-likeness (QED) is 0.847. The van der Waals surface area contributed by atoms with E-state index in [2.05, 4.69) is 5.32 Å². The minimum Gasteiger partial charge on any atom is -0.508 e. The van der Waals surface area contributed by atoms with Gasteiger partial charge in [-0.3, -0.25) is 4.79 Å². The number of phenolic OH excluding ortho intramolecular Hbond substituents is 1. The molecule has 1 amide bonds. The number of nitrogens with one attached hydrogen (secondary N) is 1. The van der Waals surface area contributed by atoms with E-state index in [1.54, 1.807) is 12.1 Å². The molecule has 2 aromatic carbocycles. The van der Waals surface area contributed by atoms with Crippen LogP contribution in [-0.2, 0) is 0 Å². The highest BCUT2D eigenvalue weighted by Gasteiger charge is 2.06. The molecule has 3 heteroatoms. The maximum Gasteiger partial charge on any atom is 0.255 e. The van der Waals surface area contributed by atoms with Crippen molar-refractivity contribution < 1.29 is 9.90 Å². The average molecular weight is 241 g/mol. The Bertz CT molecular complexity index is 574. The standard InChI is InChI=1S/C15H15NO2/c1-10-3-6-13(9-11(10)2)16-15(18)12-4-7-14(17)8-5-12/h3-9,17H,1-2H3,(H,16,18). The van der Waals surface area contributed by atoms with Crippen LogP contribution in [0.15, 0.2) is 42.5 Å². The van der Waals surface area contributed by atoms with Crippen molar-refractivity contribution in [2.24, 2.45) is 0 Å². The maximum absolute atomic E-state index is 11.9. The molecule has 0 atom stereocenters. The predicted octanol–water partition coefficient (Wildman–Crippen LogP) is 3.26. The Hall–Kier alpha value is -2.29. The molecule has 0 saturated heterocycles. The van der Waals surface area contributed by atoms with Crippen LogP contribution in [0.25, 0.3) is 0 Å². The molecule has 2 aromatic rings. The molecular formula is C15H15NO2. The topological polar surface area (TPSA) is 49.3 Å². The molecule has 0 aliphatic rings. The SMILES string of the molecule is Cc1ccc(NC(=O)c2ccc(O)cc2)cc1C. The normalized spacial score (nSPS) is 10.1. The molecule has 0 radical (unpaired) electrons. The Kier molecular flexibility index (Phi) is 3.33. The molecule has 0 unspecified atom stereocenters. The molecule has 0 aliphatic carbocycles. The van der Waals surface area contributed by atoms with Crippen molar-refractivity contribution in [2.75, 3.05) is 5.32 Å². The van der Waals surface area contributed by atoms with Crippen LogP contribution in [-0.4, -0.2) is 11.0 Å². The maximum atomic E-state index is 11.9. The fourth-order valence-corrected chi connectivity index (χ4v) is 1.64. The van der Waals surface area contributed by atoms with Gasteiger partial charge in [0.2, 0.25) is 0 Å². The van der Waals surface area contributed by atoms with Crippen LogP contribution in [0.2, 0.25) is 0 Å². The van der Waals surface area contributed by atoms with E-state index in [4.69, 9.17) is 5.11 Å². The van der Waals surface area contributed by atoms with Gasteiger partial charge in [-0.25, -0.2) is 0 Å². The Morgan fingerprint density at radius 1 is 1.00 bits per heavy atom. The molecule has 2 N–H and O–H groups in total. The molecule has 18 heavy (non-hydrogen) atoms. The van der Waals surface area contributed by atoms with Gasteiger partial charge < -0.3 is 10.4 Å². The molecule has 0 aliphatic heterocycles. The second kappa shape index (κ2) is 4.92. The van der Waals surface area contributed by atoms with Crippen LogP contribution in [0.4, 0.5) is 5.69 Å². The van der Waals surface area contributed by atoms with Crippen molar-refractivity contribution in [3.8, 4) is 5.75 Å². The summed E-state index contributed by atoms with van der Waals surface area (Å²) in [6.45, 7) is 4.03. The van der Waals surface area contributed by atoms with E-state index >= 15 is 0 Å². The lowest BCUT2D eigenvalue weighted by Crippen LogP contribution is -2.11. The van der Waals surface area contributed by atoms with Crippen molar-refractivity contribution in [3.63, 3.8) is 0 Å². The van der Waals surface area contributed by atoms with Crippen molar-refractivity contribution in [2.45, 2.75) is 13.8 Å². The van der Waals surface area contributed by atoms with Crippen LogP contribution in [0, 0.1) is 13.8 Å². The molecule has 0 spiro atoms. The first-order valence-corrected chi connectivity index (χ1v) is 5.74. The van der Waals surface area contributed by atoms with Crippen molar-refractivity contribution in [1.29, 1.82) is 0 Å². The highest BCUT2D eigenvalue weighted by Crippen LogP contribution is 2.16. The first-order chi connectivity index (χ1) is 8.56. The van der Waals surface area contributed by atoms with Gasteiger partial charge in [0.05, 0.1) is 0 Å². The van der Waals surface area contributed by atoms with E-state index in [-0.39, 0.29) is 11.7 Å². The summed E-state index contributed by atoms with van der Waals surface area (Å²) in [5, 5.41) is 12.0. The number of aryl methyl sites for hydroxylation is 2. The minimum atomic E-state index is -0.182. The van der Waals surface area contributed by atoms with Crippen LogP contribution in [0.1, 0.15) is 21.5 Å². The Balaban J connectivity index is 2.16. The highest BCUT2D eigenvalue weighted by molar-refractivity contribution is 6.04. The molecule has 0 aromatic heterocycles. The number of phenols is 1. The summed E-state index contributed by atoms with van der Waals surface area (Å²) < 4.78 is 0. The van der Waals surface area contributed by atoms with Gasteiger partial charge in [0, 0.05) is 11.3 Å². The number of hydrogen-bond donors (Lipinski definition) is 2. The largest absolute Gasteiger partial charge is 0.508 e. The van der Waals surface area contributed by atoms with E-state index in [1.165, 1.54) is 17.7 Å². The number of anilines is 1. The van der Waals surface area contributed by atoms with Gasteiger partial charge in [-0.1, -0.05) is 6.07 Å². The number of carbonyl (C=O) groups excluding carboxylic acids is 1. The summed E-state index contributed by atoms with van der Waals surface area (Å²) in [5.74, 6) is -0.0315. The van der Waals surface area contributed by atoms with Gasteiger partial charge in [0.1, 0.15) is 5.75 Å². The fraction of sp³-hybridized carbons (Fsp3) is 0.133. The molecule has 0 heterocycles. The minimum absolute atomic E-state index is 0.151. The lowest BCUT2D eigenvalue weighted by molar-refractivity contribution is 0.102. The van der Waals surface area contributed by atoms with Gasteiger partial charge in [0.25, 0.3) is 5.91 Å². The third-order valence-electron chi connectivity index (χ3n) is 2.89. The molecule has 0 saturated carbocycles. The van der Waals surface area contributed by atoms with Gasteiger partial charge in [-0.15, -0.1) is 0 Å². The second-order valence-electron chi connectivity index (χ2n) is 4.30. The van der Waals surface area contributed by atoms with Crippen molar-refractivity contribution >= 4 is 11.6 Å². The van der Waals surface area contributed by atoms with Crippen molar-refractivity contribution in [1.82, 2.24) is 0 Å². The Morgan fingerprint density at radius 2 is 1.67 bits per heavy atom. The first-order valence-electron chi connectivity index (χ1n) is 5.74. The summed E-state index contributed by atoms with van der Waals surface area (Å²) >= 11 is 0. The zero-order valence-electron chi connectivity index (χ0n) is 10.4. The Labute approximate surface area is 106 Å². The van der Waals surface area contributed by atoms with Crippen LogP contribution < -0.4 is 5.32 Å². The highest BCUT2D eigenvalue weighted by atomic mass is 16.3. The summed E-state index contributed by atoms with van der Waals surface area (Å²) in [4.78, 5) is 11.9. The second-order valence-corrected chi connectivity index (χ2v) is 4.30. The van der Waals surface area contributed by atoms with Crippen LogP contribution >= 0.6 is 0 Å². The molecule has 3 nitrogen and oxygen atoms in total. The van der Waals surface area contributed by atoms with Gasteiger partial charge in [0.15, 0.2) is 0 Å². The molecule has 92 valence electrons. The van der Waals surface area contributed by atoms with Gasteiger partial charge >= 0.3 is 0 Å². The number of hydrogen-bond acceptors (Lipinski definition) is 2. The molecule has 0 fully saturated rings. The predicted molar refractivity (Wildman–Crippen MR) is 72.0 cm³/mol. The molecule has 2 rings (SSSR count). The number of amides is 1. The fourth-order valence-electron chi connectivity index (χ4n) is 1.64. The van der Waals surface area contributed by atoms with Gasteiger partial charge in [-0.05, 0) is 61.4 Å². The third-order valence-corrected chi connectivity index (χ3v) is 2.89. The molecule has 0 bridgehead atoms. The van der Waals surface area contributed by atoms with E-state index in [0.29, 0.717) is 5.56 Å². The summed E-state index contributed by atoms with van der Waals surface area (Å²) in [7, 11) is 0. The number of benzene rings is 2. The first kappa shape index (κ1) is 12.2. The third kappa shape index (κ3) is 2.69. The number of carbonyl (C=O) groups is 1. The van der Waals surface area contributed by atoms with Crippen molar-refractivity contribution in [3.05, 3.63) is 59.2 Å². The monoisotopic (exact) mass is 241 g/mol. The number of aromatic hydroxyl groups is 1. The summed E-state index contributed by atoms with van der Waals surface area (Å²) in [5.41, 5.74) is 3.62. The number of rotatable bonds is 2. The zero-order valence-corrected chi connectivity index (χ0v) is 10.4. The molecular weight excluding hydrogens is 226 g/mol. The Morgan fingerprint density at radius 3 is 2.28 bits per heavy atom. The lowest BCUT2D eigenvalue weighted by atomic mass is 10.1. The average Bonchev–Trinajstić information content (AvgIpc) is 2.34. The summed E-state index contributed by atoms with van der Waals surface area (Å²) in [6.07, 6.45) is 0. The van der Waals surface area contributed by atoms with Crippen LogP contribution in [0.5, 0.6) is 5.75 Å². The zero-order chi connectivity index (χ0) is 13.1. The van der Waals surface area contributed by atoms with Gasteiger partial charge in [-0.2, -0.15) is 0 Å². The smallest absolute Gasteiger partial charge is 0.255 e. The van der Waals surface area contributed by atoms with E-state index < -0.39 is 0 Å². The van der Waals surface area contributed by atoms with E-state index in [1.807, 2.05) is 32.0 Å².